The van der Waals surface area contributed by atoms with Gasteiger partial charge in [-0.3, -0.25) is 0 Å². The molecule has 7 aromatic rings. The van der Waals surface area contributed by atoms with Crippen LogP contribution in [0.2, 0.25) is 19.6 Å². The summed E-state index contributed by atoms with van der Waals surface area (Å²) < 4.78 is 6.05. The SMILES string of the molecule is Cc1c[c-]c(-c2cc(C)c([Si](C)(C)C)cn2)cc1.[Ir].[c-]1cc2oc3cc(-c4ccccc4)ccc3c2cc1-c1ccccn1. The third-order valence-electron chi connectivity index (χ3n) is 7.62. The second kappa shape index (κ2) is 13.2. The number of furan rings is 1. The van der Waals surface area contributed by atoms with Gasteiger partial charge in [-0.05, 0) is 46.8 Å². The van der Waals surface area contributed by atoms with Gasteiger partial charge in [0.1, 0.15) is 5.58 Å². The van der Waals surface area contributed by atoms with Crippen molar-refractivity contribution in [2.45, 2.75) is 33.5 Å². The van der Waals surface area contributed by atoms with Crippen LogP contribution >= 0.6 is 0 Å². The van der Waals surface area contributed by atoms with E-state index in [4.69, 9.17) is 4.42 Å². The Bertz CT molecular complexity index is 2010. The number of pyridine rings is 2. The van der Waals surface area contributed by atoms with Crippen molar-refractivity contribution >= 4 is 35.2 Å². The van der Waals surface area contributed by atoms with Crippen LogP contribution in [0.5, 0.6) is 0 Å². The summed E-state index contributed by atoms with van der Waals surface area (Å²) in [4.78, 5) is 9.02. The minimum absolute atomic E-state index is 0. The van der Waals surface area contributed by atoms with E-state index in [0.717, 1.165) is 50.0 Å². The second-order valence-electron chi connectivity index (χ2n) is 11.9. The summed E-state index contributed by atoms with van der Waals surface area (Å²) in [6.45, 7) is 11.3. The number of aryl methyl sites for hydroxylation is 2. The van der Waals surface area contributed by atoms with Crippen molar-refractivity contribution in [2.24, 2.45) is 0 Å². The summed E-state index contributed by atoms with van der Waals surface area (Å²) in [5.74, 6) is 0. The molecule has 7 rings (SSSR count). The van der Waals surface area contributed by atoms with Gasteiger partial charge in [0, 0.05) is 37.9 Å². The molecular weight excluding hydrogens is 733 g/mol. The Hall–Kier alpha value is -4.15. The van der Waals surface area contributed by atoms with Crippen molar-refractivity contribution in [2.75, 3.05) is 0 Å². The first-order valence-corrected chi connectivity index (χ1v) is 18.1. The normalized spacial score (nSPS) is 11.1. The van der Waals surface area contributed by atoms with Gasteiger partial charge in [0.25, 0.3) is 0 Å². The topological polar surface area (TPSA) is 38.9 Å². The van der Waals surface area contributed by atoms with Gasteiger partial charge in [-0.25, -0.2) is 0 Å². The first kappa shape index (κ1) is 31.3. The number of fused-ring (bicyclic) bond motifs is 3. The Labute approximate surface area is 274 Å². The molecule has 0 spiro atoms. The van der Waals surface area contributed by atoms with E-state index in [1.165, 1.54) is 21.9 Å². The van der Waals surface area contributed by atoms with E-state index in [1.54, 1.807) is 6.20 Å². The molecule has 4 aromatic carbocycles. The number of rotatable bonds is 4. The van der Waals surface area contributed by atoms with Crippen molar-refractivity contribution in [3.63, 3.8) is 0 Å². The summed E-state index contributed by atoms with van der Waals surface area (Å²) in [6, 6.07) is 41.6. The van der Waals surface area contributed by atoms with Crippen LogP contribution in [0.1, 0.15) is 11.1 Å². The van der Waals surface area contributed by atoms with Crippen molar-refractivity contribution < 1.29 is 24.5 Å². The van der Waals surface area contributed by atoms with Gasteiger partial charge >= 0.3 is 0 Å². The fourth-order valence-corrected chi connectivity index (χ4v) is 7.06. The predicted octanol–water partition coefficient (Wildman–Crippen LogP) is 9.82. The molecule has 0 bridgehead atoms. The van der Waals surface area contributed by atoms with E-state index < -0.39 is 8.07 Å². The number of aromatic nitrogens is 2. The van der Waals surface area contributed by atoms with Crippen LogP contribution in [-0.4, -0.2) is 18.0 Å². The van der Waals surface area contributed by atoms with E-state index in [9.17, 15) is 0 Å². The Morgan fingerprint density at radius 3 is 2.09 bits per heavy atom. The van der Waals surface area contributed by atoms with Gasteiger partial charge in [0.15, 0.2) is 0 Å². The zero-order valence-corrected chi connectivity index (χ0v) is 29.0. The fraction of sp³-hybridized carbons (Fsp3) is 0.128. The zero-order valence-electron chi connectivity index (χ0n) is 25.6. The van der Waals surface area contributed by atoms with Crippen LogP contribution in [0.3, 0.4) is 0 Å². The quantitative estimate of drug-likeness (QED) is 0.132. The molecule has 0 atom stereocenters. The second-order valence-corrected chi connectivity index (χ2v) is 17.0. The van der Waals surface area contributed by atoms with Gasteiger partial charge in [0.2, 0.25) is 0 Å². The Morgan fingerprint density at radius 1 is 0.636 bits per heavy atom. The van der Waals surface area contributed by atoms with Crippen molar-refractivity contribution in [1.82, 2.24) is 9.97 Å². The average molecular weight is 767 g/mol. The molecule has 0 N–H and O–H groups in total. The van der Waals surface area contributed by atoms with Crippen molar-refractivity contribution in [3.05, 3.63) is 139 Å². The van der Waals surface area contributed by atoms with E-state index in [0.29, 0.717) is 0 Å². The maximum atomic E-state index is 6.05. The van der Waals surface area contributed by atoms with Gasteiger partial charge in [-0.1, -0.05) is 98.2 Å². The molecule has 0 amide bonds. The summed E-state index contributed by atoms with van der Waals surface area (Å²) in [6.07, 6.45) is 3.86. The largest absolute Gasteiger partial charge is 0.500 e. The molecule has 3 heterocycles. The third-order valence-corrected chi connectivity index (χ3v) is 9.76. The number of hydrogen-bond donors (Lipinski definition) is 0. The molecule has 0 aliphatic carbocycles. The molecule has 0 aliphatic rings. The first-order chi connectivity index (χ1) is 20.8. The maximum absolute atomic E-state index is 6.05. The molecule has 221 valence electrons. The van der Waals surface area contributed by atoms with E-state index in [1.807, 2.05) is 48.5 Å². The molecule has 3 aromatic heterocycles. The minimum Gasteiger partial charge on any atom is -0.500 e. The Morgan fingerprint density at radius 2 is 1.41 bits per heavy atom. The minimum atomic E-state index is -1.28. The molecule has 44 heavy (non-hydrogen) atoms. The fourth-order valence-electron chi connectivity index (χ4n) is 5.35. The van der Waals surface area contributed by atoms with Crippen LogP contribution in [0.25, 0.3) is 55.6 Å². The van der Waals surface area contributed by atoms with Gasteiger partial charge < -0.3 is 14.4 Å². The molecule has 5 heteroatoms. The third kappa shape index (κ3) is 6.81. The number of hydrogen-bond acceptors (Lipinski definition) is 3. The average Bonchev–Trinajstić information content (AvgIpc) is 3.39. The Kier molecular flexibility index (Phi) is 9.41. The van der Waals surface area contributed by atoms with Crippen molar-refractivity contribution in [1.29, 1.82) is 0 Å². The van der Waals surface area contributed by atoms with Gasteiger partial charge in [-0.15, -0.1) is 59.2 Å². The smallest absolute Gasteiger partial charge is 0.121 e. The number of benzene rings is 4. The zero-order chi connectivity index (χ0) is 30.0. The van der Waals surface area contributed by atoms with Crippen molar-refractivity contribution in [3.8, 4) is 33.6 Å². The summed E-state index contributed by atoms with van der Waals surface area (Å²) in [7, 11) is -1.28. The molecule has 0 unspecified atom stereocenters. The Balaban J connectivity index is 0.000000181. The number of nitrogens with zero attached hydrogens (tertiary/aromatic N) is 2. The summed E-state index contributed by atoms with van der Waals surface area (Å²) in [5, 5.41) is 3.65. The van der Waals surface area contributed by atoms with E-state index in [2.05, 4.69) is 116 Å². The standard InChI is InChI=1S/C23H14NO.C16H20NSi.Ir/c1-2-6-16(7-3-1)17-9-11-19-20-14-18(21-8-4-5-13-24-21)10-12-22(20)25-23(19)15-17;1-12-6-8-14(9-7-12)15-10-13(2)16(11-17-15)18(3,4)5;/h1-9,11-15H;6-8,10-11H,1-5H3;/q2*-1;. The molecule has 0 saturated heterocycles. The van der Waals surface area contributed by atoms with Crippen LogP contribution in [0.15, 0.2) is 120 Å². The first-order valence-electron chi connectivity index (χ1n) is 14.6. The predicted molar refractivity (Wildman–Crippen MR) is 182 cm³/mol. The van der Waals surface area contributed by atoms with Crippen LogP contribution in [-0.2, 0) is 20.1 Å². The van der Waals surface area contributed by atoms with Gasteiger partial charge in [-0.2, -0.15) is 0 Å². The van der Waals surface area contributed by atoms with Crippen LogP contribution in [0, 0.1) is 26.0 Å². The van der Waals surface area contributed by atoms with Crippen LogP contribution in [0.4, 0.5) is 0 Å². The van der Waals surface area contributed by atoms with E-state index in [-0.39, 0.29) is 20.1 Å². The molecule has 0 saturated carbocycles. The molecule has 0 aliphatic heterocycles. The summed E-state index contributed by atoms with van der Waals surface area (Å²) in [5.41, 5.74) is 10.7. The molecule has 3 nitrogen and oxygen atoms in total. The molecule has 1 radical (unpaired) electrons. The monoisotopic (exact) mass is 767 g/mol. The molecule has 0 fully saturated rings. The van der Waals surface area contributed by atoms with Gasteiger partial charge in [0.05, 0.1) is 13.7 Å². The maximum Gasteiger partial charge on any atom is 0.121 e. The van der Waals surface area contributed by atoms with E-state index >= 15 is 0 Å². The summed E-state index contributed by atoms with van der Waals surface area (Å²) >= 11 is 0. The van der Waals surface area contributed by atoms with Crippen LogP contribution < -0.4 is 5.19 Å². The molecular formula is C39H34IrN2OSi-2.